The molecule has 0 radical (unpaired) electrons. The Kier molecular flexibility index (Phi) is 5.06. The number of rotatable bonds is 5. The summed E-state index contributed by atoms with van der Waals surface area (Å²) in [5, 5.41) is 3.69. The Morgan fingerprint density at radius 1 is 1.28 bits per heavy atom. The Balaban J connectivity index is 1.89. The average molecular weight is 247 g/mol. The molecule has 2 rings (SSSR count). The molecule has 100 valence electrons. The zero-order valence-corrected chi connectivity index (χ0v) is 11.6. The van der Waals surface area contributed by atoms with Crippen LogP contribution in [0, 0.1) is 5.92 Å². The summed E-state index contributed by atoms with van der Waals surface area (Å²) in [6.07, 6.45) is 5.40. The third kappa shape index (κ3) is 3.74. The summed E-state index contributed by atoms with van der Waals surface area (Å²) in [6.45, 7) is 6.06. The summed E-state index contributed by atoms with van der Waals surface area (Å²) in [6, 6.07) is 9.03. The molecule has 1 saturated carbocycles. The van der Waals surface area contributed by atoms with Gasteiger partial charge in [0.15, 0.2) is 0 Å². The van der Waals surface area contributed by atoms with Gasteiger partial charge in [0.2, 0.25) is 0 Å². The Hall–Kier alpha value is -1.02. The van der Waals surface area contributed by atoms with E-state index in [-0.39, 0.29) is 0 Å². The van der Waals surface area contributed by atoms with E-state index in [0.717, 1.165) is 24.8 Å². The molecule has 0 saturated heterocycles. The number of para-hydroxylation sites is 1. The molecule has 1 N–H and O–H groups in total. The second-order valence-electron chi connectivity index (χ2n) is 5.39. The molecule has 1 aliphatic rings. The zero-order valence-electron chi connectivity index (χ0n) is 11.6. The van der Waals surface area contributed by atoms with Crippen molar-refractivity contribution in [3.05, 3.63) is 29.8 Å². The Morgan fingerprint density at radius 2 is 2.11 bits per heavy atom. The predicted molar refractivity (Wildman–Crippen MR) is 75.9 cm³/mol. The van der Waals surface area contributed by atoms with E-state index in [4.69, 9.17) is 4.74 Å². The van der Waals surface area contributed by atoms with Crippen molar-refractivity contribution in [2.45, 2.75) is 52.1 Å². The van der Waals surface area contributed by atoms with Gasteiger partial charge in [-0.15, -0.1) is 0 Å². The number of nitrogens with one attached hydrogen (secondary N) is 1. The fourth-order valence-corrected chi connectivity index (χ4v) is 2.82. The topological polar surface area (TPSA) is 21.3 Å². The van der Waals surface area contributed by atoms with Crippen molar-refractivity contribution in [1.82, 2.24) is 5.32 Å². The SMILES string of the molecule is CCOc1ccccc1CNC1CCCC(C)C1. The van der Waals surface area contributed by atoms with E-state index in [1.54, 1.807) is 0 Å². The molecule has 2 heteroatoms. The van der Waals surface area contributed by atoms with E-state index in [1.165, 1.54) is 31.2 Å². The zero-order chi connectivity index (χ0) is 12.8. The summed E-state index contributed by atoms with van der Waals surface area (Å²) < 4.78 is 5.66. The Bertz CT molecular complexity index is 364. The summed E-state index contributed by atoms with van der Waals surface area (Å²) in [5.74, 6) is 1.90. The van der Waals surface area contributed by atoms with E-state index in [1.807, 2.05) is 13.0 Å². The molecule has 2 nitrogen and oxygen atoms in total. The molecule has 2 unspecified atom stereocenters. The minimum absolute atomic E-state index is 0.684. The summed E-state index contributed by atoms with van der Waals surface area (Å²) in [7, 11) is 0. The fourth-order valence-electron chi connectivity index (χ4n) is 2.82. The van der Waals surface area contributed by atoms with Crippen LogP contribution in [-0.4, -0.2) is 12.6 Å². The highest BCUT2D eigenvalue weighted by molar-refractivity contribution is 5.33. The third-order valence-electron chi connectivity index (χ3n) is 3.79. The largest absolute Gasteiger partial charge is 0.494 e. The van der Waals surface area contributed by atoms with E-state index in [0.29, 0.717) is 6.04 Å². The van der Waals surface area contributed by atoms with E-state index >= 15 is 0 Å². The molecule has 1 aromatic carbocycles. The normalized spacial score (nSPS) is 23.9. The maximum Gasteiger partial charge on any atom is 0.123 e. The lowest BCUT2D eigenvalue weighted by atomic mass is 9.87. The van der Waals surface area contributed by atoms with Gasteiger partial charge in [-0.1, -0.05) is 38.0 Å². The summed E-state index contributed by atoms with van der Waals surface area (Å²) >= 11 is 0. The van der Waals surface area contributed by atoms with Crippen LogP contribution in [0.1, 0.15) is 45.1 Å². The van der Waals surface area contributed by atoms with Crippen LogP contribution in [0.4, 0.5) is 0 Å². The van der Waals surface area contributed by atoms with Crippen LogP contribution < -0.4 is 10.1 Å². The highest BCUT2D eigenvalue weighted by atomic mass is 16.5. The minimum Gasteiger partial charge on any atom is -0.494 e. The van der Waals surface area contributed by atoms with Crippen LogP contribution in [0.2, 0.25) is 0 Å². The third-order valence-corrected chi connectivity index (χ3v) is 3.79. The van der Waals surface area contributed by atoms with Gasteiger partial charge in [-0.3, -0.25) is 0 Å². The van der Waals surface area contributed by atoms with Gasteiger partial charge in [-0.05, 0) is 31.7 Å². The van der Waals surface area contributed by atoms with Gasteiger partial charge in [-0.25, -0.2) is 0 Å². The maximum absolute atomic E-state index is 5.66. The molecule has 0 heterocycles. The van der Waals surface area contributed by atoms with Gasteiger partial charge in [0.1, 0.15) is 5.75 Å². The minimum atomic E-state index is 0.684. The number of benzene rings is 1. The first-order chi connectivity index (χ1) is 8.79. The first-order valence-electron chi connectivity index (χ1n) is 7.23. The van der Waals surface area contributed by atoms with Crippen molar-refractivity contribution in [3.63, 3.8) is 0 Å². The monoisotopic (exact) mass is 247 g/mol. The van der Waals surface area contributed by atoms with E-state index in [9.17, 15) is 0 Å². The van der Waals surface area contributed by atoms with Crippen LogP contribution in [0.5, 0.6) is 5.75 Å². The van der Waals surface area contributed by atoms with Crippen molar-refractivity contribution in [1.29, 1.82) is 0 Å². The van der Waals surface area contributed by atoms with Gasteiger partial charge >= 0.3 is 0 Å². The van der Waals surface area contributed by atoms with Gasteiger partial charge < -0.3 is 10.1 Å². The Labute approximate surface area is 111 Å². The molecule has 0 amide bonds. The molecule has 0 aliphatic heterocycles. The smallest absolute Gasteiger partial charge is 0.123 e. The predicted octanol–water partition coefficient (Wildman–Crippen LogP) is 3.75. The van der Waals surface area contributed by atoms with Gasteiger partial charge in [-0.2, -0.15) is 0 Å². The second-order valence-corrected chi connectivity index (χ2v) is 5.39. The van der Waals surface area contributed by atoms with Gasteiger partial charge in [0.25, 0.3) is 0 Å². The molecular weight excluding hydrogens is 222 g/mol. The molecule has 0 spiro atoms. The number of ether oxygens (including phenoxy) is 1. The molecule has 1 aliphatic carbocycles. The Morgan fingerprint density at radius 3 is 2.89 bits per heavy atom. The maximum atomic E-state index is 5.66. The van der Waals surface area contributed by atoms with Crippen LogP contribution in [0.3, 0.4) is 0 Å². The van der Waals surface area contributed by atoms with Gasteiger partial charge in [0.05, 0.1) is 6.61 Å². The first-order valence-corrected chi connectivity index (χ1v) is 7.23. The molecule has 1 fully saturated rings. The van der Waals surface area contributed by atoms with Crippen molar-refractivity contribution >= 4 is 0 Å². The molecule has 0 bridgehead atoms. The number of hydrogen-bond donors (Lipinski definition) is 1. The van der Waals surface area contributed by atoms with E-state index in [2.05, 4.69) is 30.4 Å². The summed E-state index contributed by atoms with van der Waals surface area (Å²) in [4.78, 5) is 0. The number of hydrogen-bond acceptors (Lipinski definition) is 2. The average Bonchev–Trinajstić information content (AvgIpc) is 2.38. The van der Waals surface area contributed by atoms with Crippen LogP contribution in [0.15, 0.2) is 24.3 Å². The lowest BCUT2D eigenvalue weighted by Gasteiger charge is -2.27. The fraction of sp³-hybridized carbons (Fsp3) is 0.625. The van der Waals surface area contributed by atoms with Gasteiger partial charge in [0, 0.05) is 18.2 Å². The highest BCUT2D eigenvalue weighted by Gasteiger charge is 2.18. The summed E-state index contributed by atoms with van der Waals surface area (Å²) in [5.41, 5.74) is 1.28. The second kappa shape index (κ2) is 6.79. The van der Waals surface area contributed by atoms with Crippen molar-refractivity contribution < 1.29 is 4.74 Å². The molecule has 1 aromatic rings. The van der Waals surface area contributed by atoms with Crippen molar-refractivity contribution in [3.8, 4) is 5.75 Å². The van der Waals surface area contributed by atoms with Crippen molar-refractivity contribution in [2.75, 3.05) is 6.61 Å². The molecule has 0 aromatic heterocycles. The molecular formula is C16H25NO. The van der Waals surface area contributed by atoms with Crippen LogP contribution in [0.25, 0.3) is 0 Å². The lowest BCUT2D eigenvalue weighted by molar-refractivity contribution is 0.296. The van der Waals surface area contributed by atoms with Crippen LogP contribution >= 0.6 is 0 Å². The lowest BCUT2D eigenvalue weighted by Crippen LogP contribution is -2.33. The molecule has 18 heavy (non-hydrogen) atoms. The van der Waals surface area contributed by atoms with E-state index < -0.39 is 0 Å². The van der Waals surface area contributed by atoms with Crippen molar-refractivity contribution in [2.24, 2.45) is 5.92 Å². The highest BCUT2D eigenvalue weighted by Crippen LogP contribution is 2.24. The standard InChI is InChI=1S/C16H25NO/c1-3-18-16-10-5-4-8-14(16)12-17-15-9-6-7-13(2)11-15/h4-5,8,10,13,15,17H,3,6-7,9,11-12H2,1-2H3. The molecule has 2 atom stereocenters. The quantitative estimate of drug-likeness (QED) is 0.855. The first kappa shape index (κ1) is 13.4. The van der Waals surface area contributed by atoms with Crippen LogP contribution in [-0.2, 0) is 6.54 Å².